The summed E-state index contributed by atoms with van der Waals surface area (Å²) in [5.74, 6) is 0.692. The lowest BCUT2D eigenvalue weighted by Crippen LogP contribution is -2.53. The Morgan fingerprint density at radius 3 is 2.45 bits per heavy atom. The molecule has 0 radical (unpaired) electrons. The molecule has 2 heterocycles. The first-order valence-electron chi connectivity index (χ1n) is 10.5. The van der Waals surface area contributed by atoms with E-state index in [0.717, 1.165) is 45.7 Å². The Morgan fingerprint density at radius 1 is 1.00 bits per heavy atom. The van der Waals surface area contributed by atoms with Crippen molar-refractivity contribution in [3.63, 3.8) is 0 Å². The van der Waals surface area contributed by atoms with Gasteiger partial charge in [0.25, 0.3) is 0 Å². The van der Waals surface area contributed by atoms with Gasteiger partial charge in [-0.05, 0) is 55.5 Å². The third-order valence-corrected chi connectivity index (χ3v) is 6.32. The fourth-order valence-corrected chi connectivity index (χ4v) is 4.68. The van der Waals surface area contributed by atoms with E-state index >= 15 is 0 Å². The van der Waals surface area contributed by atoms with Gasteiger partial charge in [0.05, 0.1) is 5.92 Å². The Kier molecular flexibility index (Phi) is 7.20. The van der Waals surface area contributed by atoms with E-state index in [2.05, 4.69) is 71.4 Å². The molecule has 2 aliphatic heterocycles. The number of rotatable bonds is 3. The van der Waals surface area contributed by atoms with Gasteiger partial charge in [-0.2, -0.15) is 0 Å². The molecule has 2 saturated heterocycles. The summed E-state index contributed by atoms with van der Waals surface area (Å²) in [6.07, 6.45) is 1.03. The highest BCUT2D eigenvalue weighted by Crippen LogP contribution is 2.32. The maximum absolute atomic E-state index is 13.4. The molecule has 2 fully saturated rings. The molecule has 5 heteroatoms. The SMILES string of the molecule is Cc1ccc(C)c(N2CCN(C(=O)[C@H]3CNCC[C@@H]3c3ccccc3)CC2)c1.Cl. The summed E-state index contributed by atoms with van der Waals surface area (Å²) in [5.41, 5.74) is 5.22. The number of hydrogen-bond donors (Lipinski definition) is 1. The zero-order valence-corrected chi connectivity index (χ0v) is 18.3. The lowest BCUT2D eigenvalue weighted by atomic mass is 9.80. The number of nitrogens with one attached hydrogen (secondary N) is 1. The summed E-state index contributed by atoms with van der Waals surface area (Å²) >= 11 is 0. The first-order valence-corrected chi connectivity index (χ1v) is 10.5. The van der Waals surface area contributed by atoms with Gasteiger partial charge in [-0.15, -0.1) is 12.4 Å². The standard InChI is InChI=1S/C24H31N3O.ClH/c1-18-8-9-19(2)23(16-18)26-12-14-27(15-13-26)24(28)22-17-25-11-10-21(22)20-6-4-3-5-7-20;/h3-9,16,21-22,25H,10-15,17H2,1-2H3;1H/t21-,22+;/m1./s1. The fourth-order valence-electron chi connectivity index (χ4n) is 4.68. The van der Waals surface area contributed by atoms with Crippen molar-refractivity contribution < 1.29 is 4.79 Å². The molecule has 0 unspecified atom stereocenters. The highest BCUT2D eigenvalue weighted by molar-refractivity contribution is 5.85. The number of amides is 1. The number of nitrogens with zero attached hydrogens (tertiary/aromatic N) is 2. The summed E-state index contributed by atoms with van der Waals surface area (Å²) in [7, 11) is 0. The molecule has 0 saturated carbocycles. The Labute approximate surface area is 180 Å². The molecule has 0 aromatic heterocycles. The minimum atomic E-state index is 0. The fraction of sp³-hybridized carbons (Fsp3) is 0.458. The van der Waals surface area contributed by atoms with Crippen LogP contribution in [0.2, 0.25) is 0 Å². The first kappa shape index (κ1) is 21.7. The largest absolute Gasteiger partial charge is 0.368 e. The van der Waals surface area contributed by atoms with Crippen LogP contribution in [-0.2, 0) is 4.79 Å². The lowest BCUT2D eigenvalue weighted by molar-refractivity contribution is -0.137. The van der Waals surface area contributed by atoms with E-state index in [0.29, 0.717) is 11.8 Å². The molecular weight excluding hydrogens is 382 g/mol. The quantitative estimate of drug-likeness (QED) is 0.831. The monoisotopic (exact) mass is 413 g/mol. The molecule has 2 atom stereocenters. The number of carbonyl (C=O) groups excluding carboxylic acids is 1. The summed E-state index contributed by atoms with van der Waals surface area (Å²) in [6, 6.07) is 17.2. The average Bonchev–Trinajstić information content (AvgIpc) is 2.76. The third-order valence-electron chi connectivity index (χ3n) is 6.32. The highest BCUT2D eigenvalue weighted by Gasteiger charge is 2.35. The van der Waals surface area contributed by atoms with Gasteiger partial charge in [-0.3, -0.25) is 4.79 Å². The van der Waals surface area contributed by atoms with Crippen LogP contribution in [-0.4, -0.2) is 50.1 Å². The van der Waals surface area contributed by atoms with E-state index < -0.39 is 0 Å². The minimum Gasteiger partial charge on any atom is -0.368 e. The van der Waals surface area contributed by atoms with E-state index in [9.17, 15) is 4.79 Å². The van der Waals surface area contributed by atoms with Gasteiger partial charge in [0.1, 0.15) is 0 Å². The van der Waals surface area contributed by atoms with Gasteiger partial charge in [-0.1, -0.05) is 42.5 Å². The second-order valence-electron chi connectivity index (χ2n) is 8.22. The number of piperidine rings is 1. The van der Waals surface area contributed by atoms with Crippen LogP contribution in [0.1, 0.15) is 29.0 Å². The van der Waals surface area contributed by atoms with Gasteiger partial charge in [0, 0.05) is 38.4 Å². The average molecular weight is 414 g/mol. The number of benzene rings is 2. The Balaban J connectivity index is 0.00000240. The second-order valence-corrected chi connectivity index (χ2v) is 8.22. The Bertz CT molecular complexity index is 818. The molecule has 0 spiro atoms. The zero-order valence-electron chi connectivity index (χ0n) is 17.4. The van der Waals surface area contributed by atoms with Crippen LogP contribution in [0, 0.1) is 19.8 Å². The molecule has 156 valence electrons. The van der Waals surface area contributed by atoms with Gasteiger partial charge in [0.15, 0.2) is 0 Å². The molecule has 0 aliphatic carbocycles. The van der Waals surface area contributed by atoms with Crippen LogP contribution in [0.25, 0.3) is 0 Å². The number of piperazine rings is 1. The molecule has 4 rings (SSSR count). The molecule has 1 amide bonds. The van der Waals surface area contributed by atoms with E-state index in [-0.39, 0.29) is 18.3 Å². The highest BCUT2D eigenvalue weighted by atomic mass is 35.5. The van der Waals surface area contributed by atoms with Crippen molar-refractivity contribution in [2.75, 3.05) is 44.2 Å². The molecule has 2 aromatic carbocycles. The lowest BCUT2D eigenvalue weighted by Gasteiger charge is -2.40. The number of carbonyl (C=O) groups is 1. The van der Waals surface area contributed by atoms with Gasteiger partial charge < -0.3 is 15.1 Å². The van der Waals surface area contributed by atoms with Crippen LogP contribution in [0.15, 0.2) is 48.5 Å². The van der Waals surface area contributed by atoms with Crippen molar-refractivity contribution in [1.82, 2.24) is 10.2 Å². The van der Waals surface area contributed by atoms with Gasteiger partial charge in [-0.25, -0.2) is 0 Å². The molecule has 4 nitrogen and oxygen atoms in total. The van der Waals surface area contributed by atoms with Crippen molar-refractivity contribution in [3.8, 4) is 0 Å². The maximum atomic E-state index is 13.4. The molecule has 2 aromatic rings. The molecule has 2 aliphatic rings. The number of halogens is 1. The van der Waals surface area contributed by atoms with Crippen LogP contribution in [0.4, 0.5) is 5.69 Å². The van der Waals surface area contributed by atoms with Crippen molar-refractivity contribution >= 4 is 24.0 Å². The van der Waals surface area contributed by atoms with E-state index in [1.807, 2.05) is 6.07 Å². The molecular formula is C24H32ClN3O. The van der Waals surface area contributed by atoms with Crippen LogP contribution in [0.5, 0.6) is 0 Å². The number of aryl methyl sites for hydroxylation is 2. The maximum Gasteiger partial charge on any atom is 0.227 e. The first-order chi connectivity index (χ1) is 13.6. The predicted molar refractivity (Wildman–Crippen MR) is 122 cm³/mol. The summed E-state index contributed by atoms with van der Waals surface area (Å²) in [4.78, 5) is 17.9. The predicted octanol–water partition coefficient (Wildman–Crippen LogP) is 3.77. The van der Waals surface area contributed by atoms with Gasteiger partial charge >= 0.3 is 0 Å². The third kappa shape index (κ3) is 4.76. The van der Waals surface area contributed by atoms with Crippen molar-refractivity contribution in [3.05, 3.63) is 65.2 Å². The zero-order chi connectivity index (χ0) is 19.5. The number of hydrogen-bond acceptors (Lipinski definition) is 3. The van der Waals surface area contributed by atoms with E-state index in [1.165, 1.54) is 22.4 Å². The second kappa shape index (κ2) is 9.64. The van der Waals surface area contributed by atoms with Crippen molar-refractivity contribution in [2.24, 2.45) is 5.92 Å². The number of anilines is 1. The normalized spacial score (nSPS) is 22.1. The molecule has 0 bridgehead atoms. The van der Waals surface area contributed by atoms with Gasteiger partial charge in [0.2, 0.25) is 5.91 Å². The molecule has 1 N–H and O–H groups in total. The summed E-state index contributed by atoms with van der Waals surface area (Å²) in [6.45, 7) is 9.53. The summed E-state index contributed by atoms with van der Waals surface area (Å²) < 4.78 is 0. The van der Waals surface area contributed by atoms with Crippen LogP contribution < -0.4 is 10.2 Å². The van der Waals surface area contributed by atoms with Crippen LogP contribution >= 0.6 is 12.4 Å². The minimum absolute atomic E-state index is 0. The van der Waals surface area contributed by atoms with E-state index in [1.54, 1.807) is 0 Å². The smallest absolute Gasteiger partial charge is 0.227 e. The van der Waals surface area contributed by atoms with Crippen LogP contribution in [0.3, 0.4) is 0 Å². The van der Waals surface area contributed by atoms with Crippen molar-refractivity contribution in [1.29, 1.82) is 0 Å². The Morgan fingerprint density at radius 2 is 1.72 bits per heavy atom. The van der Waals surface area contributed by atoms with E-state index in [4.69, 9.17) is 0 Å². The topological polar surface area (TPSA) is 35.6 Å². The molecule has 29 heavy (non-hydrogen) atoms. The summed E-state index contributed by atoms with van der Waals surface area (Å²) in [5, 5.41) is 3.44. The van der Waals surface area contributed by atoms with Crippen molar-refractivity contribution in [2.45, 2.75) is 26.2 Å². The Hall–Kier alpha value is -2.04.